The van der Waals surface area contributed by atoms with E-state index in [0.29, 0.717) is 6.04 Å². The average molecular weight is 344 g/mol. The normalized spacial score (nSPS) is 21.3. The zero-order valence-corrected chi connectivity index (χ0v) is 14.0. The van der Waals surface area contributed by atoms with Gasteiger partial charge in [0, 0.05) is 37.1 Å². The summed E-state index contributed by atoms with van der Waals surface area (Å²) < 4.78 is 0.927. The minimum absolute atomic E-state index is 0. The molecule has 1 saturated carbocycles. The second-order valence-corrected chi connectivity index (χ2v) is 6.87. The lowest BCUT2D eigenvalue weighted by atomic mass is 10.1. The molecule has 0 radical (unpaired) electrons. The average Bonchev–Trinajstić information content (AvgIpc) is 3.08. The Balaban J connectivity index is 0.000000902. The summed E-state index contributed by atoms with van der Waals surface area (Å²) in [7, 11) is 0. The molecule has 2 aliphatic rings. The molecular weight excluding hydrogens is 323 g/mol. The van der Waals surface area contributed by atoms with E-state index in [9.17, 15) is 0 Å². The van der Waals surface area contributed by atoms with Crippen LogP contribution in [0.3, 0.4) is 0 Å². The molecular formula is C13H21Cl3N2S. The molecule has 3 rings (SSSR count). The third kappa shape index (κ3) is 4.76. The van der Waals surface area contributed by atoms with Gasteiger partial charge in [0.25, 0.3) is 0 Å². The maximum Gasteiger partial charge on any atom is 0.0931 e. The second-order valence-electron chi connectivity index (χ2n) is 5.12. The quantitative estimate of drug-likeness (QED) is 0.889. The van der Waals surface area contributed by atoms with Crippen molar-refractivity contribution in [2.45, 2.75) is 25.3 Å². The Hall–Kier alpha value is 0.490. The Bertz CT molecular complexity index is 376. The zero-order valence-electron chi connectivity index (χ0n) is 10.8. The molecule has 110 valence electrons. The molecule has 2 fully saturated rings. The summed E-state index contributed by atoms with van der Waals surface area (Å²) in [5.41, 5.74) is 0. The fourth-order valence-electron chi connectivity index (χ4n) is 2.62. The third-order valence-electron chi connectivity index (χ3n) is 3.77. The predicted molar refractivity (Wildman–Crippen MR) is 88.3 cm³/mol. The van der Waals surface area contributed by atoms with E-state index >= 15 is 0 Å². The van der Waals surface area contributed by atoms with Crippen LogP contribution in [0.2, 0.25) is 4.34 Å². The van der Waals surface area contributed by atoms with Crippen LogP contribution in [0.4, 0.5) is 0 Å². The van der Waals surface area contributed by atoms with E-state index in [1.165, 1.54) is 37.2 Å². The highest BCUT2D eigenvalue weighted by atomic mass is 35.5. The van der Waals surface area contributed by atoms with Gasteiger partial charge in [-0.2, -0.15) is 0 Å². The van der Waals surface area contributed by atoms with Gasteiger partial charge in [0.15, 0.2) is 0 Å². The lowest BCUT2D eigenvalue weighted by Crippen LogP contribution is -2.45. The van der Waals surface area contributed by atoms with Crippen LogP contribution in [0.25, 0.3) is 0 Å². The Kier molecular flexibility index (Phi) is 7.44. The molecule has 19 heavy (non-hydrogen) atoms. The number of thiophene rings is 1. The highest BCUT2D eigenvalue weighted by Gasteiger charge is 2.31. The van der Waals surface area contributed by atoms with E-state index in [1.54, 1.807) is 11.3 Å². The molecule has 0 unspecified atom stereocenters. The summed E-state index contributed by atoms with van der Waals surface area (Å²) in [6.45, 7) is 4.60. The molecule has 1 atom stereocenters. The van der Waals surface area contributed by atoms with Crippen molar-refractivity contribution in [3.05, 3.63) is 21.3 Å². The van der Waals surface area contributed by atoms with Crippen molar-refractivity contribution in [3.8, 4) is 0 Å². The van der Waals surface area contributed by atoms with E-state index in [-0.39, 0.29) is 24.8 Å². The lowest BCUT2D eigenvalue weighted by molar-refractivity contribution is 0.163. The highest BCUT2D eigenvalue weighted by Crippen LogP contribution is 2.42. The smallest absolute Gasteiger partial charge is 0.0931 e. The van der Waals surface area contributed by atoms with Crippen LogP contribution in [-0.2, 0) is 0 Å². The third-order valence-corrected chi connectivity index (χ3v) is 5.10. The maximum atomic E-state index is 6.08. The van der Waals surface area contributed by atoms with Crippen LogP contribution in [0.15, 0.2) is 12.1 Å². The van der Waals surface area contributed by atoms with Crippen molar-refractivity contribution >= 4 is 47.8 Å². The predicted octanol–water partition coefficient (Wildman–Crippen LogP) is 3.99. The molecule has 0 spiro atoms. The first-order chi connectivity index (χ1) is 8.33. The number of piperazine rings is 1. The van der Waals surface area contributed by atoms with Crippen LogP contribution in [0.5, 0.6) is 0 Å². The summed E-state index contributed by atoms with van der Waals surface area (Å²) in [4.78, 5) is 4.10. The van der Waals surface area contributed by atoms with Crippen molar-refractivity contribution < 1.29 is 0 Å². The maximum absolute atomic E-state index is 6.08. The fourth-order valence-corrected chi connectivity index (χ4v) is 3.82. The molecule has 1 aliphatic carbocycles. The van der Waals surface area contributed by atoms with Gasteiger partial charge in [-0.1, -0.05) is 24.4 Å². The molecule has 2 heterocycles. The van der Waals surface area contributed by atoms with Gasteiger partial charge in [-0.25, -0.2) is 0 Å². The summed E-state index contributed by atoms with van der Waals surface area (Å²) >= 11 is 7.85. The van der Waals surface area contributed by atoms with E-state index in [4.69, 9.17) is 11.6 Å². The molecule has 0 bridgehead atoms. The summed E-state index contributed by atoms with van der Waals surface area (Å²) in [5, 5.41) is 3.43. The van der Waals surface area contributed by atoms with Crippen LogP contribution in [0.1, 0.15) is 30.2 Å². The number of nitrogens with zero attached hydrogens (tertiary/aromatic N) is 1. The summed E-state index contributed by atoms with van der Waals surface area (Å²) in [5.74, 6) is 0.968. The van der Waals surface area contributed by atoms with E-state index in [2.05, 4.69) is 16.3 Å². The molecule has 2 nitrogen and oxygen atoms in total. The molecule has 6 heteroatoms. The SMILES string of the molecule is Cl.Cl.Clc1ccc([C@H](CC2CC2)N2CCNCC2)s1. The molecule has 1 saturated heterocycles. The Morgan fingerprint density at radius 2 is 1.95 bits per heavy atom. The van der Waals surface area contributed by atoms with Gasteiger partial charge in [0.1, 0.15) is 0 Å². The van der Waals surface area contributed by atoms with Crippen molar-refractivity contribution in [1.29, 1.82) is 0 Å². The molecule has 1 aromatic heterocycles. The van der Waals surface area contributed by atoms with Crippen LogP contribution < -0.4 is 5.32 Å². The summed E-state index contributed by atoms with van der Waals surface area (Å²) in [6.07, 6.45) is 4.19. The Morgan fingerprint density at radius 1 is 1.26 bits per heavy atom. The standard InChI is InChI=1S/C13H19ClN2S.2ClH/c14-13-4-3-12(17-13)11(9-10-1-2-10)16-7-5-15-6-8-16;;/h3-4,10-11,15H,1-2,5-9H2;2*1H/t11-;;/m0../s1. The van der Waals surface area contributed by atoms with Crippen LogP contribution in [-0.4, -0.2) is 31.1 Å². The van der Waals surface area contributed by atoms with E-state index < -0.39 is 0 Å². The monoisotopic (exact) mass is 342 g/mol. The largest absolute Gasteiger partial charge is 0.314 e. The van der Waals surface area contributed by atoms with Crippen LogP contribution in [0, 0.1) is 5.92 Å². The molecule has 0 aromatic carbocycles. The first-order valence-corrected chi connectivity index (χ1v) is 7.72. The molecule has 0 amide bonds. The van der Waals surface area contributed by atoms with Gasteiger partial charge in [-0.3, -0.25) is 4.90 Å². The number of halogens is 3. The van der Waals surface area contributed by atoms with Gasteiger partial charge < -0.3 is 5.32 Å². The molecule has 1 aliphatic heterocycles. The second kappa shape index (κ2) is 8.06. The highest BCUT2D eigenvalue weighted by molar-refractivity contribution is 7.16. The van der Waals surface area contributed by atoms with Gasteiger partial charge in [-0.15, -0.1) is 36.2 Å². The topological polar surface area (TPSA) is 15.3 Å². The van der Waals surface area contributed by atoms with E-state index in [0.717, 1.165) is 23.3 Å². The minimum atomic E-state index is 0. The lowest BCUT2D eigenvalue weighted by Gasteiger charge is -2.34. The van der Waals surface area contributed by atoms with Crippen molar-refractivity contribution in [1.82, 2.24) is 10.2 Å². The zero-order chi connectivity index (χ0) is 11.7. The van der Waals surface area contributed by atoms with Gasteiger partial charge in [0.05, 0.1) is 4.34 Å². The fraction of sp³-hybridized carbons (Fsp3) is 0.692. The number of nitrogens with one attached hydrogen (secondary N) is 1. The Morgan fingerprint density at radius 3 is 2.47 bits per heavy atom. The first-order valence-electron chi connectivity index (χ1n) is 6.53. The molecule has 1 aromatic rings. The van der Waals surface area contributed by atoms with Crippen molar-refractivity contribution in [2.24, 2.45) is 5.92 Å². The minimum Gasteiger partial charge on any atom is -0.314 e. The molecule has 1 N–H and O–H groups in total. The summed E-state index contributed by atoms with van der Waals surface area (Å²) in [6, 6.07) is 4.88. The Labute approximate surface area is 136 Å². The van der Waals surface area contributed by atoms with Crippen molar-refractivity contribution in [3.63, 3.8) is 0 Å². The van der Waals surface area contributed by atoms with Gasteiger partial charge in [-0.05, 0) is 24.5 Å². The van der Waals surface area contributed by atoms with Crippen molar-refractivity contribution in [2.75, 3.05) is 26.2 Å². The van der Waals surface area contributed by atoms with E-state index in [1.807, 2.05) is 6.07 Å². The van der Waals surface area contributed by atoms with Gasteiger partial charge in [0.2, 0.25) is 0 Å². The van der Waals surface area contributed by atoms with Gasteiger partial charge >= 0.3 is 0 Å². The number of hydrogen-bond acceptors (Lipinski definition) is 3. The first kappa shape index (κ1) is 17.5. The number of hydrogen-bond donors (Lipinski definition) is 1. The number of rotatable bonds is 4. The van der Waals surface area contributed by atoms with Crippen LogP contribution >= 0.6 is 47.8 Å².